The maximum atomic E-state index is 11.7. The van der Waals surface area contributed by atoms with Crippen LogP contribution in [-0.4, -0.2) is 17.6 Å². The van der Waals surface area contributed by atoms with E-state index in [1.54, 1.807) is 18.2 Å². The summed E-state index contributed by atoms with van der Waals surface area (Å²) in [6, 6.07) is 6.83. The molecule has 0 bridgehead atoms. The van der Waals surface area contributed by atoms with Gasteiger partial charge in [-0.1, -0.05) is 23.8 Å². The smallest absolute Gasteiger partial charge is 0.224 e. The van der Waals surface area contributed by atoms with E-state index >= 15 is 0 Å². The molecule has 96 valence electrons. The second-order valence-electron chi connectivity index (χ2n) is 4.70. The monoisotopic (exact) mass is 245 g/mol. The van der Waals surface area contributed by atoms with Gasteiger partial charge in [0.15, 0.2) is 0 Å². The number of rotatable bonds is 5. The van der Waals surface area contributed by atoms with Crippen molar-refractivity contribution < 1.29 is 9.90 Å². The van der Waals surface area contributed by atoms with Crippen LogP contribution >= 0.6 is 0 Å². The van der Waals surface area contributed by atoms with Gasteiger partial charge in [-0.05, 0) is 43.4 Å². The highest BCUT2D eigenvalue weighted by molar-refractivity contribution is 5.78. The number of allylic oxidation sites excluding steroid dienone is 1. The highest BCUT2D eigenvalue weighted by Crippen LogP contribution is 2.19. The van der Waals surface area contributed by atoms with Crippen LogP contribution in [0.2, 0.25) is 0 Å². The number of hydrogen-bond acceptors (Lipinski definition) is 2. The molecule has 1 aliphatic rings. The minimum absolute atomic E-state index is 0.0131. The standard InChI is InChI=1S/C15H19NO2/c17-14-7-3-6-13(10-14)11-15(18)16-9-8-12-4-1-2-5-12/h3-4,6-7,10,17H,1-2,5,8-9,11H2,(H,16,18). The van der Waals surface area contributed by atoms with Crippen molar-refractivity contribution in [2.24, 2.45) is 0 Å². The van der Waals surface area contributed by atoms with Crippen LogP contribution in [0, 0.1) is 0 Å². The van der Waals surface area contributed by atoms with Gasteiger partial charge in [-0.2, -0.15) is 0 Å². The maximum absolute atomic E-state index is 11.7. The van der Waals surface area contributed by atoms with E-state index in [1.807, 2.05) is 6.07 Å². The van der Waals surface area contributed by atoms with Gasteiger partial charge in [0.1, 0.15) is 5.75 Å². The van der Waals surface area contributed by atoms with Crippen LogP contribution in [0.1, 0.15) is 31.2 Å². The zero-order chi connectivity index (χ0) is 12.8. The minimum atomic E-state index is 0.0131. The van der Waals surface area contributed by atoms with Crippen LogP contribution in [-0.2, 0) is 11.2 Å². The number of phenols is 1. The highest BCUT2D eigenvalue weighted by atomic mass is 16.3. The summed E-state index contributed by atoms with van der Waals surface area (Å²) in [6.07, 6.45) is 7.20. The minimum Gasteiger partial charge on any atom is -0.508 e. The second kappa shape index (κ2) is 6.24. The van der Waals surface area contributed by atoms with E-state index in [0.717, 1.165) is 12.0 Å². The van der Waals surface area contributed by atoms with Crippen molar-refractivity contribution in [3.8, 4) is 5.75 Å². The number of carbonyl (C=O) groups excluding carboxylic acids is 1. The molecule has 0 spiro atoms. The number of nitrogens with one attached hydrogen (secondary N) is 1. The Morgan fingerprint density at radius 1 is 1.39 bits per heavy atom. The zero-order valence-corrected chi connectivity index (χ0v) is 10.5. The molecule has 3 nitrogen and oxygen atoms in total. The van der Waals surface area contributed by atoms with Crippen LogP contribution in [0.3, 0.4) is 0 Å². The van der Waals surface area contributed by atoms with Gasteiger partial charge < -0.3 is 10.4 Å². The second-order valence-corrected chi connectivity index (χ2v) is 4.70. The number of benzene rings is 1. The summed E-state index contributed by atoms with van der Waals surface area (Å²) in [5, 5.41) is 12.2. The Labute approximate surface area is 108 Å². The Morgan fingerprint density at radius 3 is 3.00 bits per heavy atom. The third kappa shape index (κ3) is 3.91. The van der Waals surface area contributed by atoms with Crippen molar-refractivity contribution in [3.63, 3.8) is 0 Å². The largest absolute Gasteiger partial charge is 0.508 e. The van der Waals surface area contributed by atoms with Gasteiger partial charge in [-0.25, -0.2) is 0 Å². The number of carbonyl (C=O) groups is 1. The van der Waals surface area contributed by atoms with Crippen molar-refractivity contribution in [3.05, 3.63) is 41.5 Å². The Morgan fingerprint density at radius 2 is 2.28 bits per heavy atom. The summed E-state index contributed by atoms with van der Waals surface area (Å²) in [6.45, 7) is 0.712. The molecule has 2 rings (SSSR count). The van der Waals surface area contributed by atoms with Gasteiger partial charge in [-0.15, -0.1) is 0 Å². The summed E-state index contributed by atoms with van der Waals surface area (Å²) < 4.78 is 0. The van der Waals surface area contributed by atoms with Crippen LogP contribution < -0.4 is 5.32 Å². The fourth-order valence-electron chi connectivity index (χ4n) is 2.24. The molecule has 0 aliphatic heterocycles. The molecule has 0 radical (unpaired) electrons. The van der Waals surface area contributed by atoms with Crippen LogP contribution in [0.25, 0.3) is 0 Å². The average molecular weight is 245 g/mol. The van der Waals surface area contributed by atoms with Gasteiger partial charge in [0.2, 0.25) is 5.91 Å². The van der Waals surface area contributed by atoms with Gasteiger partial charge in [-0.3, -0.25) is 4.79 Å². The third-order valence-electron chi connectivity index (χ3n) is 3.18. The van der Waals surface area contributed by atoms with E-state index in [4.69, 9.17) is 0 Å². The van der Waals surface area contributed by atoms with E-state index in [1.165, 1.54) is 24.8 Å². The zero-order valence-electron chi connectivity index (χ0n) is 10.5. The maximum Gasteiger partial charge on any atom is 0.224 e. The van der Waals surface area contributed by atoms with E-state index < -0.39 is 0 Å². The first-order valence-corrected chi connectivity index (χ1v) is 6.46. The first-order chi connectivity index (χ1) is 8.74. The average Bonchev–Trinajstić information content (AvgIpc) is 2.82. The first-order valence-electron chi connectivity index (χ1n) is 6.46. The van der Waals surface area contributed by atoms with Crippen molar-refractivity contribution in [2.75, 3.05) is 6.54 Å². The summed E-state index contributed by atoms with van der Waals surface area (Å²) in [4.78, 5) is 11.7. The number of amides is 1. The molecule has 0 atom stereocenters. The number of phenolic OH excluding ortho intramolecular Hbond substituents is 1. The van der Waals surface area contributed by atoms with Gasteiger partial charge in [0, 0.05) is 6.54 Å². The fourth-order valence-corrected chi connectivity index (χ4v) is 2.24. The molecule has 1 aromatic rings. The van der Waals surface area contributed by atoms with Crippen LogP contribution in [0.15, 0.2) is 35.9 Å². The Hall–Kier alpha value is -1.77. The predicted molar refractivity (Wildman–Crippen MR) is 71.4 cm³/mol. The molecule has 0 saturated heterocycles. The fraction of sp³-hybridized carbons (Fsp3) is 0.400. The van der Waals surface area contributed by atoms with E-state index in [9.17, 15) is 9.90 Å². The van der Waals surface area contributed by atoms with Crippen LogP contribution in [0.5, 0.6) is 5.75 Å². The Bertz CT molecular complexity index is 452. The number of hydrogen-bond donors (Lipinski definition) is 2. The van der Waals surface area contributed by atoms with Crippen molar-refractivity contribution in [1.29, 1.82) is 0 Å². The molecule has 1 aromatic carbocycles. The molecule has 0 saturated carbocycles. The molecule has 18 heavy (non-hydrogen) atoms. The Balaban J connectivity index is 1.71. The van der Waals surface area contributed by atoms with E-state index in [2.05, 4.69) is 11.4 Å². The molecule has 1 aliphatic carbocycles. The molecular weight excluding hydrogens is 226 g/mol. The Kier molecular flexibility index (Phi) is 4.40. The summed E-state index contributed by atoms with van der Waals surface area (Å²) >= 11 is 0. The molecule has 0 aromatic heterocycles. The lowest BCUT2D eigenvalue weighted by Crippen LogP contribution is -2.26. The van der Waals surface area contributed by atoms with Gasteiger partial charge in [0.25, 0.3) is 0 Å². The molecule has 0 fully saturated rings. The van der Waals surface area contributed by atoms with Crippen molar-refractivity contribution >= 4 is 5.91 Å². The molecule has 1 amide bonds. The molecule has 0 unspecified atom stereocenters. The summed E-state index contributed by atoms with van der Waals surface area (Å²) in [5.41, 5.74) is 2.31. The third-order valence-corrected chi connectivity index (χ3v) is 3.18. The molecule has 2 N–H and O–H groups in total. The van der Waals surface area contributed by atoms with Crippen molar-refractivity contribution in [1.82, 2.24) is 5.32 Å². The normalized spacial score (nSPS) is 14.3. The quantitative estimate of drug-likeness (QED) is 0.783. The van der Waals surface area contributed by atoms with E-state index in [0.29, 0.717) is 13.0 Å². The molecule has 0 heterocycles. The molecular formula is C15H19NO2. The van der Waals surface area contributed by atoms with Gasteiger partial charge in [0.05, 0.1) is 6.42 Å². The lowest BCUT2D eigenvalue weighted by atomic mass is 10.1. The molecule has 3 heteroatoms. The number of aromatic hydroxyl groups is 1. The van der Waals surface area contributed by atoms with Crippen molar-refractivity contribution in [2.45, 2.75) is 32.1 Å². The van der Waals surface area contributed by atoms with E-state index in [-0.39, 0.29) is 11.7 Å². The summed E-state index contributed by atoms with van der Waals surface area (Å²) in [5.74, 6) is 0.218. The predicted octanol–water partition coefficient (Wildman–Crippen LogP) is 2.55. The van der Waals surface area contributed by atoms with Crippen LogP contribution in [0.4, 0.5) is 0 Å². The lowest BCUT2D eigenvalue weighted by molar-refractivity contribution is -0.120. The summed E-state index contributed by atoms with van der Waals surface area (Å²) in [7, 11) is 0. The first kappa shape index (κ1) is 12.7. The topological polar surface area (TPSA) is 49.3 Å². The van der Waals surface area contributed by atoms with Gasteiger partial charge >= 0.3 is 0 Å². The lowest BCUT2D eigenvalue weighted by Gasteiger charge is -2.06. The SMILES string of the molecule is O=C(Cc1cccc(O)c1)NCCC1=CCCC1. The highest BCUT2D eigenvalue weighted by Gasteiger charge is 2.06.